The lowest BCUT2D eigenvalue weighted by molar-refractivity contribution is -0.136. The Morgan fingerprint density at radius 3 is 2.72 bits per heavy atom. The average molecular weight is 365 g/mol. The largest absolute Gasteiger partial charge is 0.342 e. The van der Waals surface area contributed by atoms with Gasteiger partial charge in [0, 0.05) is 31.9 Å². The minimum Gasteiger partial charge on any atom is -0.342 e. The van der Waals surface area contributed by atoms with Gasteiger partial charge >= 0.3 is 6.03 Å². The van der Waals surface area contributed by atoms with Gasteiger partial charge in [0.2, 0.25) is 11.8 Å². The van der Waals surface area contributed by atoms with E-state index in [1.807, 2.05) is 5.38 Å². The topological polar surface area (TPSA) is 94.6 Å². The predicted molar refractivity (Wildman–Crippen MR) is 93.1 cm³/mol. The van der Waals surface area contributed by atoms with Gasteiger partial charge in [-0.1, -0.05) is 0 Å². The summed E-state index contributed by atoms with van der Waals surface area (Å²) in [7, 11) is 1.58. The molecular weight excluding hydrogens is 342 g/mol. The quantitative estimate of drug-likeness (QED) is 0.780. The maximum Gasteiger partial charge on any atom is 0.318 e. The Labute approximate surface area is 150 Å². The number of hydrogen-bond acceptors (Lipinski definition) is 5. The zero-order valence-corrected chi connectivity index (χ0v) is 15.2. The standard InChI is InChI=1S/C16H23N5O3S/c1-10-13(20(2)16(24)18-10)14(22)19-12(7-11-8-25-9-17-11)15(23)21-5-3-4-6-21/h8-10,12-13H,3-7H2,1-2H3,(H,18,24)(H,19,22). The summed E-state index contributed by atoms with van der Waals surface area (Å²) < 4.78 is 0. The van der Waals surface area contributed by atoms with Gasteiger partial charge < -0.3 is 20.4 Å². The van der Waals surface area contributed by atoms with Crippen LogP contribution in [0.5, 0.6) is 0 Å². The van der Waals surface area contributed by atoms with Crippen molar-refractivity contribution in [1.29, 1.82) is 0 Å². The minimum absolute atomic E-state index is 0.0774. The molecule has 1 aromatic heterocycles. The van der Waals surface area contributed by atoms with Crippen molar-refractivity contribution in [2.24, 2.45) is 0 Å². The second-order valence-electron chi connectivity index (χ2n) is 6.57. The van der Waals surface area contributed by atoms with Gasteiger partial charge in [-0.25, -0.2) is 9.78 Å². The van der Waals surface area contributed by atoms with Crippen LogP contribution >= 0.6 is 11.3 Å². The first-order chi connectivity index (χ1) is 12.0. The van der Waals surface area contributed by atoms with Crippen molar-refractivity contribution in [3.8, 4) is 0 Å². The number of carbonyl (C=O) groups is 3. The van der Waals surface area contributed by atoms with Crippen LogP contribution in [0.1, 0.15) is 25.5 Å². The molecule has 136 valence electrons. The summed E-state index contributed by atoms with van der Waals surface area (Å²) in [4.78, 5) is 44.7. The zero-order valence-electron chi connectivity index (χ0n) is 14.4. The first-order valence-electron chi connectivity index (χ1n) is 8.47. The third kappa shape index (κ3) is 3.76. The van der Waals surface area contributed by atoms with E-state index in [-0.39, 0.29) is 23.9 Å². The Morgan fingerprint density at radius 2 is 2.16 bits per heavy atom. The highest BCUT2D eigenvalue weighted by Crippen LogP contribution is 2.15. The van der Waals surface area contributed by atoms with Gasteiger partial charge in [0.15, 0.2) is 0 Å². The number of nitrogens with zero attached hydrogens (tertiary/aromatic N) is 3. The van der Waals surface area contributed by atoms with E-state index >= 15 is 0 Å². The van der Waals surface area contributed by atoms with Gasteiger partial charge in [0.05, 0.1) is 17.2 Å². The van der Waals surface area contributed by atoms with E-state index in [1.54, 1.807) is 24.4 Å². The third-order valence-electron chi connectivity index (χ3n) is 4.76. The summed E-state index contributed by atoms with van der Waals surface area (Å²) >= 11 is 1.46. The van der Waals surface area contributed by atoms with Gasteiger partial charge in [0.25, 0.3) is 0 Å². The molecule has 2 aliphatic rings. The Hall–Kier alpha value is -2.16. The van der Waals surface area contributed by atoms with Crippen LogP contribution in [0.15, 0.2) is 10.9 Å². The number of aromatic nitrogens is 1. The molecule has 8 nitrogen and oxygen atoms in total. The minimum atomic E-state index is -0.663. The van der Waals surface area contributed by atoms with Crippen LogP contribution in [-0.2, 0) is 16.0 Å². The fourth-order valence-corrected chi connectivity index (χ4v) is 3.97. The van der Waals surface area contributed by atoms with Crippen molar-refractivity contribution in [1.82, 2.24) is 25.4 Å². The van der Waals surface area contributed by atoms with E-state index in [9.17, 15) is 14.4 Å². The Morgan fingerprint density at radius 1 is 1.44 bits per heavy atom. The Kier molecular flexibility index (Phi) is 5.22. The van der Waals surface area contributed by atoms with Crippen molar-refractivity contribution in [2.75, 3.05) is 20.1 Å². The van der Waals surface area contributed by atoms with E-state index in [2.05, 4.69) is 15.6 Å². The van der Waals surface area contributed by atoms with E-state index in [1.165, 1.54) is 16.2 Å². The van der Waals surface area contributed by atoms with Crippen molar-refractivity contribution in [2.45, 2.75) is 44.3 Å². The molecule has 3 atom stereocenters. The van der Waals surface area contributed by atoms with E-state index in [0.29, 0.717) is 6.42 Å². The average Bonchev–Trinajstić information content (AvgIpc) is 3.30. The van der Waals surface area contributed by atoms with Crippen LogP contribution < -0.4 is 10.6 Å². The molecule has 9 heteroatoms. The fraction of sp³-hybridized carbons (Fsp3) is 0.625. The number of carbonyl (C=O) groups excluding carboxylic acids is 3. The van der Waals surface area contributed by atoms with E-state index in [4.69, 9.17) is 0 Å². The van der Waals surface area contributed by atoms with Gasteiger partial charge in [-0.05, 0) is 19.8 Å². The lowest BCUT2D eigenvalue weighted by Crippen LogP contribution is -2.55. The normalized spacial score (nSPS) is 24.3. The molecule has 3 rings (SSSR count). The summed E-state index contributed by atoms with van der Waals surface area (Å²) in [5.74, 6) is -0.396. The summed E-state index contributed by atoms with van der Waals surface area (Å²) in [5.41, 5.74) is 2.49. The molecule has 1 aromatic rings. The number of amides is 4. The first kappa shape index (κ1) is 17.7. The highest BCUT2D eigenvalue weighted by Gasteiger charge is 2.41. The molecule has 0 saturated carbocycles. The van der Waals surface area contributed by atoms with E-state index in [0.717, 1.165) is 31.6 Å². The Bertz CT molecular complexity index is 644. The maximum absolute atomic E-state index is 12.8. The third-order valence-corrected chi connectivity index (χ3v) is 5.40. The lowest BCUT2D eigenvalue weighted by Gasteiger charge is -2.27. The smallest absolute Gasteiger partial charge is 0.318 e. The summed E-state index contributed by atoms with van der Waals surface area (Å²) in [5, 5.41) is 7.46. The molecule has 25 heavy (non-hydrogen) atoms. The summed E-state index contributed by atoms with van der Waals surface area (Å²) in [6.07, 6.45) is 2.34. The molecule has 2 N–H and O–H groups in total. The first-order valence-corrected chi connectivity index (χ1v) is 9.41. The molecule has 2 fully saturated rings. The van der Waals surface area contributed by atoms with Gasteiger partial charge in [-0.15, -0.1) is 11.3 Å². The predicted octanol–water partition coefficient (Wildman–Crippen LogP) is 0.205. The molecule has 3 unspecified atom stereocenters. The van der Waals surface area contributed by atoms with Crippen molar-refractivity contribution in [3.05, 3.63) is 16.6 Å². The molecule has 0 bridgehead atoms. The molecule has 2 aliphatic heterocycles. The van der Waals surface area contributed by atoms with Gasteiger partial charge in [-0.2, -0.15) is 0 Å². The van der Waals surface area contributed by atoms with Crippen LogP contribution in [0.4, 0.5) is 4.79 Å². The number of thiazole rings is 1. The second kappa shape index (κ2) is 7.38. The second-order valence-corrected chi connectivity index (χ2v) is 7.29. The SMILES string of the molecule is CC1NC(=O)N(C)C1C(=O)NC(Cc1cscn1)C(=O)N1CCCC1. The van der Waals surface area contributed by atoms with Crippen LogP contribution in [0.2, 0.25) is 0 Å². The molecule has 0 aromatic carbocycles. The van der Waals surface area contributed by atoms with Crippen LogP contribution in [-0.4, -0.2) is 70.9 Å². The van der Waals surface area contributed by atoms with Crippen molar-refractivity contribution in [3.63, 3.8) is 0 Å². The summed E-state index contributed by atoms with van der Waals surface area (Å²) in [6, 6.07) is -1.88. The highest BCUT2D eigenvalue weighted by atomic mass is 32.1. The molecule has 0 radical (unpaired) electrons. The fourth-order valence-electron chi connectivity index (χ4n) is 3.40. The molecule has 0 spiro atoms. The number of nitrogens with one attached hydrogen (secondary N) is 2. The maximum atomic E-state index is 12.8. The summed E-state index contributed by atoms with van der Waals surface area (Å²) in [6.45, 7) is 3.23. The number of urea groups is 1. The molecule has 2 saturated heterocycles. The number of likely N-dealkylation sites (N-methyl/N-ethyl adjacent to an activating group) is 1. The van der Waals surface area contributed by atoms with Crippen LogP contribution in [0, 0.1) is 0 Å². The van der Waals surface area contributed by atoms with E-state index < -0.39 is 12.1 Å². The number of hydrogen-bond donors (Lipinski definition) is 2. The zero-order chi connectivity index (χ0) is 18.0. The van der Waals surface area contributed by atoms with Gasteiger partial charge in [-0.3, -0.25) is 9.59 Å². The molecule has 4 amide bonds. The van der Waals surface area contributed by atoms with Crippen molar-refractivity contribution >= 4 is 29.2 Å². The highest BCUT2D eigenvalue weighted by molar-refractivity contribution is 7.07. The van der Waals surface area contributed by atoms with Gasteiger partial charge in [0.1, 0.15) is 12.1 Å². The van der Waals surface area contributed by atoms with Crippen LogP contribution in [0.25, 0.3) is 0 Å². The number of likely N-dealkylation sites (tertiary alicyclic amines) is 1. The molecule has 0 aliphatic carbocycles. The lowest BCUT2D eigenvalue weighted by atomic mass is 10.1. The monoisotopic (exact) mass is 365 g/mol. The molecule has 3 heterocycles. The molecular formula is C16H23N5O3S. The van der Waals surface area contributed by atoms with Crippen LogP contribution in [0.3, 0.4) is 0 Å². The van der Waals surface area contributed by atoms with Crippen molar-refractivity contribution < 1.29 is 14.4 Å². The number of rotatable bonds is 5. The Balaban J connectivity index is 1.73.